The second-order valence-electron chi connectivity index (χ2n) is 4.87. The maximum absolute atomic E-state index is 11.5. The Morgan fingerprint density at radius 3 is 2.81 bits per heavy atom. The number of carbonyl (C=O) groups excluding carboxylic acids is 1. The molecule has 0 amide bonds. The van der Waals surface area contributed by atoms with Crippen molar-refractivity contribution in [3.63, 3.8) is 0 Å². The number of carbonyl (C=O) groups is 1. The first-order valence-corrected chi connectivity index (χ1v) is 9.24. The van der Waals surface area contributed by atoms with Gasteiger partial charge in [-0.2, -0.15) is 0 Å². The average molecular weight is 382 g/mol. The predicted molar refractivity (Wildman–Crippen MR) is 99.4 cm³/mol. The summed E-state index contributed by atoms with van der Waals surface area (Å²) in [6.07, 6.45) is 15.0. The summed E-state index contributed by atoms with van der Waals surface area (Å²) in [6.45, 7) is 3.86. The van der Waals surface area contributed by atoms with Gasteiger partial charge in [0.05, 0.1) is 23.9 Å². The summed E-state index contributed by atoms with van der Waals surface area (Å²) in [5.41, 5.74) is 0.0311. The quantitative estimate of drug-likeness (QED) is 0.146. The molecule has 0 heterocycles. The molecule has 0 aromatic heterocycles. The molecule has 2 atom stereocenters. The average Bonchev–Trinajstić information content (AvgIpc) is 2.63. The fraction of sp³-hybridized carbons (Fsp3) is 0.353. The van der Waals surface area contributed by atoms with E-state index in [4.69, 9.17) is 13.8 Å². The normalized spacial score (nSPS) is 18.4. The second kappa shape index (κ2) is 13.0. The van der Waals surface area contributed by atoms with Gasteiger partial charge in [-0.1, -0.05) is 24.3 Å². The smallest absolute Gasteiger partial charge is 0.320 e. The number of nitro groups is 1. The van der Waals surface area contributed by atoms with E-state index in [-0.39, 0.29) is 25.0 Å². The molecule has 1 rings (SSSR count). The van der Waals surface area contributed by atoms with Crippen molar-refractivity contribution in [3.8, 4) is 0 Å². The maximum atomic E-state index is 11.5. The van der Waals surface area contributed by atoms with Gasteiger partial charge in [0.15, 0.2) is 0 Å². The number of hydrogen-bond acceptors (Lipinski definition) is 7. The van der Waals surface area contributed by atoms with Crippen LogP contribution in [-0.4, -0.2) is 30.1 Å². The molecule has 0 bridgehead atoms. The minimum Gasteiger partial charge on any atom is -0.465 e. The zero-order chi connectivity index (χ0) is 19.2. The van der Waals surface area contributed by atoms with E-state index >= 15 is 0 Å². The fourth-order valence-electron chi connectivity index (χ4n) is 1.74. The van der Waals surface area contributed by atoms with Crippen LogP contribution in [0, 0.1) is 10.1 Å². The Bertz CT molecular complexity index is 612. The Morgan fingerprint density at radius 1 is 1.42 bits per heavy atom. The maximum Gasteiger partial charge on any atom is 0.320 e. The molecule has 8 nitrogen and oxygen atoms in total. The van der Waals surface area contributed by atoms with Gasteiger partial charge in [0, 0.05) is 12.5 Å². The highest BCUT2D eigenvalue weighted by molar-refractivity contribution is 7.45. The van der Waals surface area contributed by atoms with Crippen LogP contribution in [-0.2, 0) is 18.6 Å². The Kier molecular flexibility index (Phi) is 10.9. The van der Waals surface area contributed by atoms with Crippen LogP contribution < -0.4 is 5.09 Å². The summed E-state index contributed by atoms with van der Waals surface area (Å²) in [6, 6.07) is 0. The van der Waals surface area contributed by atoms with Crippen molar-refractivity contribution in [3.05, 3.63) is 70.7 Å². The lowest BCUT2D eigenvalue weighted by Gasteiger charge is -2.21. The van der Waals surface area contributed by atoms with Gasteiger partial charge in [0.1, 0.15) is 6.54 Å². The fourth-order valence-corrected chi connectivity index (χ4v) is 2.78. The van der Waals surface area contributed by atoms with Crippen molar-refractivity contribution in [1.82, 2.24) is 5.09 Å². The van der Waals surface area contributed by atoms with Crippen LogP contribution in [0.5, 0.6) is 0 Å². The van der Waals surface area contributed by atoms with Gasteiger partial charge in [0.2, 0.25) is 0 Å². The van der Waals surface area contributed by atoms with E-state index in [9.17, 15) is 14.9 Å². The lowest BCUT2D eigenvalue weighted by Crippen LogP contribution is -2.23. The van der Waals surface area contributed by atoms with Crippen LogP contribution in [0.15, 0.2) is 60.6 Å². The SMILES string of the molecule is C\C=C/C=C\C=C\OP(NCC(=O)OCC)OC1C=CC([N+](=O)[O-])=CC1. The minimum atomic E-state index is -1.62. The van der Waals surface area contributed by atoms with Crippen LogP contribution in [0.3, 0.4) is 0 Å². The zero-order valence-corrected chi connectivity index (χ0v) is 15.6. The van der Waals surface area contributed by atoms with E-state index in [1.54, 1.807) is 25.2 Å². The van der Waals surface area contributed by atoms with Crippen LogP contribution in [0.2, 0.25) is 0 Å². The molecule has 2 unspecified atom stereocenters. The summed E-state index contributed by atoms with van der Waals surface area (Å²) in [7, 11) is -1.62. The molecule has 142 valence electrons. The summed E-state index contributed by atoms with van der Waals surface area (Å²) in [5.74, 6) is -0.418. The monoisotopic (exact) mass is 382 g/mol. The standard InChI is InChI=1S/C17H23N2O6P/c1-3-5-6-7-8-13-24-26(18-14-17(20)23-4-2)25-16-11-9-15(10-12-16)19(21)22/h3,5-11,13,16,18H,4,12,14H2,1-2H3/b5-3-,7-6-,13-8+. The molecular weight excluding hydrogens is 359 g/mol. The van der Waals surface area contributed by atoms with Gasteiger partial charge in [0.25, 0.3) is 5.70 Å². The van der Waals surface area contributed by atoms with Crippen molar-refractivity contribution in [2.24, 2.45) is 0 Å². The van der Waals surface area contributed by atoms with Gasteiger partial charge in [-0.05, 0) is 32.1 Å². The van der Waals surface area contributed by atoms with Gasteiger partial charge in [-0.25, -0.2) is 5.09 Å². The molecule has 0 aromatic rings. The third kappa shape index (κ3) is 9.27. The first-order valence-electron chi connectivity index (χ1n) is 8.06. The van der Waals surface area contributed by atoms with E-state index < -0.39 is 19.4 Å². The molecule has 0 fully saturated rings. The molecule has 1 aliphatic carbocycles. The lowest BCUT2D eigenvalue weighted by molar-refractivity contribution is -0.419. The van der Waals surface area contributed by atoms with E-state index in [1.807, 2.05) is 25.2 Å². The van der Waals surface area contributed by atoms with Crippen LogP contribution in [0.1, 0.15) is 20.3 Å². The molecule has 0 saturated heterocycles. The summed E-state index contributed by atoms with van der Waals surface area (Å²) >= 11 is 0. The Balaban J connectivity index is 2.58. The largest absolute Gasteiger partial charge is 0.465 e. The molecule has 0 spiro atoms. The lowest BCUT2D eigenvalue weighted by atomic mass is 10.1. The Morgan fingerprint density at radius 2 is 2.19 bits per heavy atom. The number of ether oxygens (including phenoxy) is 1. The topological polar surface area (TPSA) is 99.9 Å². The minimum absolute atomic E-state index is 0.0311. The second-order valence-corrected chi connectivity index (χ2v) is 6.12. The molecule has 0 radical (unpaired) electrons. The van der Waals surface area contributed by atoms with Crippen LogP contribution >= 0.6 is 8.53 Å². The number of hydrogen-bond donors (Lipinski definition) is 1. The molecule has 0 aliphatic heterocycles. The third-order valence-corrected chi connectivity index (χ3v) is 4.09. The molecular formula is C17H23N2O6P. The van der Waals surface area contributed by atoms with Gasteiger partial charge in [-0.3, -0.25) is 14.9 Å². The molecule has 1 N–H and O–H groups in total. The van der Waals surface area contributed by atoms with Gasteiger partial charge >= 0.3 is 14.5 Å². The summed E-state index contributed by atoms with van der Waals surface area (Å²) < 4.78 is 16.1. The zero-order valence-electron chi connectivity index (χ0n) is 14.7. The van der Waals surface area contributed by atoms with Crippen LogP contribution in [0.25, 0.3) is 0 Å². The van der Waals surface area contributed by atoms with Crippen LogP contribution in [0.4, 0.5) is 0 Å². The number of esters is 1. The Labute approximate surface area is 154 Å². The Hall–Kier alpha value is -2.28. The van der Waals surface area contributed by atoms with Crippen molar-refractivity contribution in [1.29, 1.82) is 0 Å². The molecule has 9 heteroatoms. The van der Waals surface area contributed by atoms with E-state index in [0.29, 0.717) is 6.42 Å². The number of nitrogens with zero attached hydrogens (tertiary/aromatic N) is 1. The molecule has 1 aliphatic rings. The molecule has 26 heavy (non-hydrogen) atoms. The molecule has 0 saturated carbocycles. The van der Waals surface area contributed by atoms with Crippen molar-refractivity contribution >= 4 is 14.5 Å². The number of allylic oxidation sites excluding steroid dienone is 6. The summed E-state index contributed by atoms with van der Waals surface area (Å²) in [4.78, 5) is 21.7. The highest BCUT2D eigenvalue weighted by Gasteiger charge is 2.21. The number of rotatable bonds is 11. The van der Waals surface area contributed by atoms with Gasteiger partial charge < -0.3 is 13.8 Å². The van der Waals surface area contributed by atoms with E-state index in [1.165, 1.54) is 18.4 Å². The third-order valence-electron chi connectivity index (χ3n) is 2.90. The molecule has 0 aromatic carbocycles. The first-order chi connectivity index (χ1) is 12.6. The highest BCUT2D eigenvalue weighted by atomic mass is 31.2. The predicted octanol–water partition coefficient (Wildman–Crippen LogP) is 3.53. The van der Waals surface area contributed by atoms with Crippen molar-refractivity contribution in [2.75, 3.05) is 13.2 Å². The summed E-state index contributed by atoms with van der Waals surface area (Å²) in [5, 5.41) is 13.6. The van der Waals surface area contributed by atoms with Gasteiger partial charge in [-0.15, -0.1) is 0 Å². The van der Waals surface area contributed by atoms with Crippen molar-refractivity contribution < 1.29 is 23.5 Å². The first kappa shape index (κ1) is 21.8. The van der Waals surface area contributed by atoms with E-state index in [0.717, 1.165) is 0 Å². The van der Waals surface area contributed by atoms with Crippen molar-refractivity contribution in [2.45, 2.75) is 26.4 Å². The highest BCUT2D eigenvalue weighted by Crippen LogP contribution is 2.37. The van der Waals surface area contributed by atoms with E-state index in [2.05, 4.69) is 5.09 Å². The number of nitrogens with one attached hydrogen (secondary N) is 1.